The number of halogens is 1. The molecule has 0 amide bonds. The van der Waals surface area contributed by atoms with Crippen LogP contribution in [0.15, 0.2) is 18.2 Å². The highest BCUT2D eigenvalue weighted by molar-refractivity contribution is 7.99. The zero-order valence-corrected chi connectivity index (χ0v) is 11.4. The summed E-state index contributed by atoms with van der Waals surface area (Å²) in [4.78, 5) is 2.12. The van der Waals surface area contributed by atoms with Crippen LogP contribution in [0.2, 0.25) is 0 Å². The van der Waals surface area contributed by atoms with Crippen LogP contribution in [0.1, 0.15) is 11.7 Å². The van der Waals surface area contributed by atoms with Gasteiger partial charge in [-0.3, -0.25) is 4.90 Å². The standard InChI is InChI=1S/C13H18FNO2S/c1-15-5-6-18-8-11(15)13(16)10-7-9(14)3-4-12(10)17-2/h3-4,7,11,13,16H,5-6,8H2,1-2H3. The highest BCUT2D eigenvalue weighted by Gasteiger charge is 2.29. The van der Waals surface area contributed by atoms with Crippen LogP contribution in [-0.4, -0.2) is 48.3 Å². The first kappa shape index (κ1) is 13.6. The molecule has 18 heavy (non-hydrogen) atoms. The Morgan fingerprint density at radius 1 is 1.56 bits per heavy atom. The highest BCUT2D eigenvalue weighted by Crippen LogP contribution is 2.32. The summed E-state index contributed by atoms with van der Waals surface area (Å²) in [6, 6.07) is 4.26. The number of nitrogens with zero attached hydrogens (tertiary/aromatic N) is 1. The topological polar surface area (TPSA) is 32.7 Å². The van der Waals surface area contributed by atoms with Crippen LogP contribution in [0.5, 0.6) is 5.75 Å². The molecule has 0 saturated carbocycles. The van der Waals surface area contributed by atoms with Crippen molar-refractivity contribution in [3.8, 4) is 5.75 Å². The summed E-state index contributed by atoms with van der Waals surface area (Å²) in [6.45, 7) is 0.935. The molecule has 1 fully saturated rings. The van der Waals surface area contributed by atoms with Crippen molar-refractivity contribution < 1.29 is 14.2 Å². The molecule has 100 valence electrons. The van der Waals surface area contributed by atoms with E-state index in [2.05, 4.69) is 4.90 Å². The molecule has 5 heteroatoms. The molecule has 0 aliphatic carbocycles. The molecule has 0 radical (unpaired) electrons. The average Bonchev–Trinajstić information content (AvgIpc) is 2.38. The minimum absolute atomic E-state index is 0.000509. The Labute approximate surface area is 111 Å². The third-order valence-corrected chi connectivity index (χ3v) is 4.37. The molecule has 0 bridgehead atoms. The quantitative estimate of drug-likeness (QED) is 0.910. The van der Waals surface area contributed by atoms with Crippen molar-refractivity contribution in [1.29, 1.82) is 0 Å². The van der Waals surface area contributed by atoms with Gasteiger partial charge in [0.2, 0.25) is 0 Å². The molecule has 3 nitrogen and oxygen atoms in total. The van der Waals surface area contributed by atoms with Gasteiger partial charge in [0.15, 0.2) is 0 Å². The van der Waals surface area contributed by atoms with Crippen LogP contribution in [-0.2, 0) is 0 Å². The number of aliphatic hydroxyl groups is 1. The first-order valence-electron chi connectivity index (χ1n) is 5.93. The van der Waals surface area contributed by atoms with Gasteiger partial charge in [0.05, 0.1) is 13.2 Å². The van der Waals surface area contributed by atoms with E-state index in [9.17, 15) is 9.50 Å². The van der Waals surface area contributed by atoms with Crippen molar-refractivity contribution in [1.82, 2.24) is 4.90 Å². The summed E-state index contributed by atoms with van der Waals surface area (Å²) >= 11 is 1.81. The molecule has 1 aliphatic heterocycles. The van der Waals surface area contributed by atoms with Gasteiger partial charge in [-0.25, -0.2) is 4.39 Å². The maximum Gasteiger partial charge on any atom is 0.124 e. The predicted molar refractivity (Wildman–Crippen MR) is 71.7 cm³/mol. The van der Waals surface area contributed by atoms with Gasteiger partial charge < -0.3 is 9.84 Å². The second-order valence-electron chi connectivity index (χ2n) is 4.45. The molecule has 2 unspecified atom stereocenters. The first-order valence-corrected chi connectivity index (χ1v) is 7.08. The van der Waals surface area contributed by atoms with E-state index in [1.807, 2.05) is 18.8 Å². The van der Waals surface area contributed by atoms with E-state index >= 15 is 0 Å². The second kappa shape index (κ2) is 5.91. The summed E-state index contributed by atoms with van der Waals surface area (Å²) in [5.41, 5.74) is 0.525. The molecule has 1 aromatic rings. The van der Waals surface area contributed by atoms with Crippen molar-refractivity contribution in [2.24, 2.45) is 0 Å². The predicted octanol–water partition coefficient (Wildman–Crippen LogP) is 1.91. The molecule has 0 spiro atoms. The van der Waals surface area contributed by atoms with E-state index in [1.165, 1.54) is 19.2 Å². The SMILES string of the molecule is COc1ccc(F)cc1C(O)C1CSCCN1C. The Morgan fingerprint density at radius 3 is 3.00 bits per heavy atom. The van der Waals surface area contributed by atoms with E-state index in [4.69, 9.17) is 4.74 Å². The lowest BCUT2D eigenvalue weighted by atomic mass is 10.0. The number of likely N-dealkylation sites (N-methyl/N-ethyl adjacent to an activating group) is 1. The number of thioether (sulfide) groups is 1. The van der Waals surface area contributed by atoms with Crippen molar-refractivity contribution in [2.75, 3.05) is 32.2 Å². The molecule has 2 atom stereocenters. The van der Waals surface area contributed by atoms with Crippen LogP contribution in [0, 0.1) is 5.82 Å². The average molecular weight is 271 g/mol. The van der Waals surface area contributed by atoms with Crippen LogP contribution >= 0.6 is 11.8 Å². The lowest BCUT2D eigenvalue weighted by molar-refractivity contribution is 0.0736. The number of methoxy groups -OCH3 is 1. The van der Waals surface area contributed by atoms with Crippen molar-refractivity contribution in [3.05, 3.63) is 29.6 Å². The third kappa shape index (κ3) is 2.79. The Morgan fingerprint density at radius 2 is 2.33 bits per heavy atom. The van der Waals surface area contributed by atoms with Crippen LogP contribution in [0.25, 0.3) is 0 Å². The molecule has 1 aliphatic rings. The number of aliphatic hydroxyl groups excluding tert-OH is 1. The summed E-state index contributed by atoms with van der Waals surface area (Å²) in [6.07, 6.45) is -0.728. The maximum atomic E-state index is 13.3. The van der Waals surface area contributed by atoms with Crippen molar-refractivity contribution in [2.45, 2.75) is 12.1 Å². The second-order valence-corrected chi connectivity index (χ2v) is 5.60. The molecule has 0 aromatic heterocycles. The van der Waals surface area contributed by atoms with Gasteiger partial charge in [0.25, 0.3) is 0 Å². The van der Waals surface area contributed by atoms with E-state index < -0.39 is 6.10 Å². The number of rotatable bonds is 3. The molecular weight excluding hydrogens is 253 g/mol. The van der Waals surface area contributed by atoms with Crippen LogP contribution < -0.4 is 4.74 Å². The number of hydrogen-bond acceptors (Lipinski definition) is 4. The van der Waals surface area contributed by atoms with Crippen molar-refractivity contribution in [3.63, 3.8) is 0 Å². The zero-order chi connectivity index (χ0) is 13.1. The minimum Gasteiger partial charge on any atom is -0.496 e. The largest absolute Gasteiger partial charge is 0.496 e. The summed E-state index contributed by atoms with van der Waals surface area (Å²) in [5, 5.41) is 10.5. The van der Waals surface area contributed by atoms with Gasteiger partial charge in [-0.2, -0.15) is 11.8 Å². The number of benzene rings is 1. The molecule has 1 saturated heterocycles. The fraction of sp³-hybridized carbons (Fsp3) is 0.538. The molecular formula is C13H18FNO2S. The fourth-order valence-corrected chi connectivity index (χ4v) is 3.44. The summed E-state index contributed by atoms with van der Waals surface area (Å²) < 4.78 is 18.5. The fourth-order valence-electron chi connectivity index (χ4n) is 2.18. The lowest BCUT2D eigenvalue weighted by Gasteiger charge is -2.35. The summed E-state index contributed by atoms with van der Waals surface area (Å²) in [5.74, 6) is 2.10. The highest BCUT2D eigenvalue weighted by atomic mass is 32.2. The molecule has 1 aromatic carbocycles. The van der Waals surface area contributed by atoms with E-state index in [0.717, 1.165) is 18.1 Å². The van der Waals surface area contributed by atoms with Gasteiger partial charge in [-0.15, -0.1) is 0 Å². The smallest absolute Gasteiger partial charge is 0.124 e. The van der Waals surface area contributed by atoms with Gasteiger partial charge >= 0.3 is 0 Å². The Kier molecular flexibility index (Phi) is 4.48. The normalized spacial score (nSPS) is 22.8. The van der Waals surface area contributed by atoms with Crippen molar-refractivity contribution >= 4 is 11.8 Å². The zero-order valence-electron chi connectivity index (χ0n) is 10.6. The first-order chi connectivity index (χ1) is 8.63. The third-order valence-electron chi connectivity index (χ3n) is 3.32. The molecule has 1 N–H and O–H groups in total. The van der Waals surface area contributed by atoms with Crippen LogP contribution in [0.3, 0.4) is 0 Å². The Balaban J connectivity index is 2.26. The van der Waals surface area contributed by atoms with Gasteiger partial charge in [0.1, 0.15) is 11.6 Å². The molecule has 2 rings (SSSR count). The van der Waals surface area contributed by atoms with E-state index in [0.29, 0.717) is 11.3 Å². The van der Waals surface area contributed by atoms with Crippen LogP contribution in [0.4, 0.5) is 4.39 Å². The Bertz CT molecular complexity index is 416. The Hall–Kier alpha value is -0.780. The number of ether oxygens (including phenoxy) is 1. The lowest BCUT2D eigenvalue weighted by Crippen LogP contribution is -2.43. The van der Waals surface area contributed by atoms with E-state index in [-0.39, 0.29) is 11.9 Å². The summed E-state index contributed by atoms with van der Waals surface area (Å²) in [7, 11) is 3.52. The van der Waals surface area contributed by atoms with Gasteiger partial charge in [0, 0.05) is 29.7 Å². The van der Waals surface area contributed by atoms with Gasteiger partial charge in [-0.05, 0) is 25.2 Å². The number of hydrogen-bond donors (Lipinski definition) is 1. The monoisotopic (exact) mass is 271 g/mol. The molecule has 1 heterocycles. The van der Waals surface area contributed by atoms with E-state index in [1.54, 1.807) is 6.07 Å². The maximum absolute atomic E-state index is 13.3. The van der Waals surface area contributed by atoms with Gasteiger partial charge in [-0.1, -0.05) is 0 Å². The minimum atomic E-state index is -0.728.